The molecule has 7 nitrogen and oxygen atoms in total. The maximum Gasteiger partial charge on any atom is 0.264 e. The van der Waals surface area contributed by atoms with Gasteiger partial charge in [-0.25, -0.2) is 0 Å². The summed E-state index contributed by atoms with van der Waals surface area (Å²) >= 11 is 0. The Kier molecular flexibility index (Phi) is 4.27. The van der Waals surface area contributed by atoms with Crippen LogP contribution in [0.1, 0.15) is 46.5 Å². The Morgan fingerprint density at radius 3 is 2.71 bits per heavy atom. The van der Waals surface area contributed by atoms with Crippen LogP contribution in [-0.4, -0.2) is 55.3 Å². The van der Waals surface area contributed by atoms with E-state index < -0.39 is 39.1 Å². The van der Waals surface area contributed by atoms with Gasteiger partial charge in [0.2, 0.25) is 0 Å². The maximum absolute atomic E-state index is 13.2. The number of carbonyl (C=O) groups is 2. The smallest absolute Gasteiger partial charge is 0.264 e. The van der Waals surface area contributed by atoms with Crippen LogP contribution >= 0.6 is 0 Å². The van der Waals surface area contributed by atoms with Crippen LogP contribution in [0.25, 0.3) is 0 Å². The lowest BCUT2D eigenvalue weighted by atomic mass is 9.46. The number of Topliss-reactive ketones (excluding diaryl/α,β-unsaturated/α-hetero) is 1. The lowest BCUT2D eigenvalue weighted by Gasteiger charge is -2.55. The van der Waals surface area contributed by atoms with Gasteiger partial charge in [0.1, 0.15) is 17.8 Å². The zero-order chi connectivity index (χ0) is 22.6. The van der Waals surface area contributed by atoms with Crippen LogP contribution < -0.4 is 0 Å². The molecule has 5 aliphatic rings. The average molecular weight is 451 g/mol. The second-order valence-electron chi connectivity index (χ2n) is 10.7. The van der Waals surface area contributed by atoms with Gasteiger partial charge in [-0.2, -0.15) is 8.42 Å². The fourth-order valence-corrected chi connectivity index (χ4v) is 8.17. The van der Waals surface area contributed by atoms with Gasteiger partial charge in [-0.15, -0.1) is 0 Å². The number of carbonyl (C=O) groups excluding carboxylic acids is 2. The monoisotopic (exact) mass is 450 g/mol. The normalized spacial score (nSPS) is 50.1. The highest BCUT2D eigenvalue weighted by Gasteiger charge is 2.81. The zero-order valence-electron chi connectivity index (χ0n) is 18.4. The van der Waals surface area contributed by atoms with Crippen molar-refractivity contribution in [1.29, 1.82) is 0 Å². The first-order chi connectivity index (χ1) is 14.3. The van der Waals surface area contributed by atoms with Gasteiger partial charge >= 0.3 is 0 Å². The fraction of sp³-hybridized carbons (Fsp3) is 0.739. The van der Waals surface area contributed by atoms with Gasteiger partial charge < -0.3 is 9.84 Å². The maximum atomic E-state index is 13.2. The van der Waals surface area contributed by atoms with E-state index in [9.17, 15) is 23.1 Å². The number of ketones is 2. The largest absolute Gasteiger partial charge is 0.381 e. The number of fused-ring (bicyclic) bond motifs is 3. The second kappa shape index (κ2) is 6.16. The van der Waals surface area contributed by atoms with Crippen molar-refractivity contribution in [2.75, 3.05) is 12.9 Å². The molecule has 0 radical (unpaired) electrons. The van der Waals surface area contributed by atoms with Crippen LogP contribution in [-0.2, 0) is 28.6 Å². The van der Waals surface area contributed by atoms with E-state index in [2.05, 4.69) is 6.92 Å². The summed E-state index contributed by atoms with van der Waals surface area (Å²) in [5, 5.41) is 11.8. The highest BCUT2D eigenvalue weighted by molar-refractivity contribution is 7.86. The summed E-state index contributed by atoms with van der Waals surface area (Å²) in [6.45, 7) is 5.32. The number of epoxide rings is 1. The Balaban J connectivity index is 1.51. The Morgan fingerprint density at radius 2 is 2.03 bits per heavy atom. The molecule has 0 amide bonds. The molecule has 1 spiro atoms. The Hall–Kier alpha value is -1.35. The predicted molar refractivity (Wildman–Crippen MR) is 111 cm³/mol. The fourth-order valence-electron chi connectivity index (χ4n) is 7.85. The minimum atomic E-state index is -3.79. The number of hydrogen-bond donors (Lipinski definition) is 1. The summed E-state index contributed by atoms with van der Waals surface area (Å²) in [6.07, 6.45) is 8.97. The van der Waals surface area contributed by atoms with Crippen molar-refractivity contribution in [3.63, 3.8) is 0 Å². The van der Waals surface area contributed by atoms with E-state index in [1.165, 1.54) is 0 Å². The van der Waals surface area contributed by atoms with Crippen molar-refractivity contribution in [3.8, 4) is 0 Å². The Bertz CT molecular complexity index is 1040. The molecule has 31 heavy (non-hydrogen) atoms. The first-order valence-corrected chi connectivity index (χ1v) is 12.8. The summed E-state index contributed by atoms with van der Waals surface area (Å²) in [4.78, 5) is 25.1. The van der Waals surface area contributed by atoms with E-state index in [-0.39, 0.29) is 35.1 Å². The molecule has 4 fully saturated rings. The summed E-state index contributed by atoms with van der Waals surface area (Å²) in [6, 6.07) is 0. The van der Waals surface area contributed by atoms with E-state index in [1.807, 2.05) is 19.9 Å². The number of allylic oxidation sites excluding steroid dienone is 2. The minimum Gasteiger partial charge on any atom is -0.381 e. The summed E-state index contributed by atoms with van der Waals surface area (Å²) in [5.41, 5.74) is -2.05. The standard InChI is InChI=1S/C23H30O7S/c1-13-9-17-16-6-5-14-10-15(24)7-8-20(14,2)23(16)19(30-23)11-21(17,3)22(13,26)18(25)12-29-31(4,27)28/h7-8,10,13,16-17,19,26H,5-6,9,11-12H2,1-4H3/t13?,16-,17-,19?,20-,21-,22-,23-/m0/s1. The average Bonchev–Trinajstić information content (AvgIpc) is 3.36. The van der Waals surface area contributed by atoms with Crippen molar-refractivity contribution in [2.24, 2.45) is 28.6 Å². The molecular weight excluding hydrogens is 420 g/mol. The molecule has 0 aromatic rings. The first-order valence-electron chi connectivity index (χ1n) is 11.0. The van der Waals surface area contributed by atoms with Gasteiger partial charge in [-0.1, -0.05) is 25.5 Å². The van der Waals surface area contributed by atoms with E-state index in [4.69, 9.17) is 8.92 Å². The molecule has 1 saturated heterocycles. The molecule has 3 saturated carbocycles. The second-order valence-corrected chi connectivity index (χ2v) is 12.3. The van der Waals surface area contributed by atoms with Gasteiger partial charge in [0.05, 0.1) is 12.4 Å². The van der Waals surface area contributed by atoms with Crippen molar-refractivity contribution in [3.05, 3.63) is 23.8 Å². The van der Waals surface area contributed by atoms with Gasteiger partial charge in [0.15, 0.2) is 11.6 Å². The molecular formula is C23H30O7S. The Morgan fingerprint density at radius 1 is 1.32 bits per heavy atom. The molecule has 4 aliphatic carbocycles. The zero-order valence-corrected chi connectivity index (χ0v) is 19.2. The van der Waals surface area contributed by atoms with Crippen molar-refractivity contribution >= 4 is 21.7 Å². The van der Waals surface area contributed by atoms with Crippen LogP contribution in [0.15, 0.2) is 23.8 Å². The molecule has 8 atom stereocenters. The van der Waals surface area contributed by atoms with Crippen molar-refractivity contribution < 1.29 is 32.0 Å². The van der Waals surface area contributed by atoms with Gasteiger partial charge in [-0.3, -0.25) is 13.8 Å². The topological polar surface area (TPSA) is 110 Å². The molecule has 0 aromatic carbocycles. The first kappa shape index (κ1) is 21.5. The quantitative estimate of drug-likeness (QED) is 0.515. The van der Waals surface area contributed by atoms with E-state index >= 15 is 0 Å². The lowest BCUT2D eigenvalue weighted by Crippen LogP contribution is -2.62. The molecule has 170 valence electrons. The number of ether oxygens (including phenoxy) is 1. The Labute approximate surface area is 183 Å². The molecule has 8 heteroatoms. The molecule has 1 heterocycles. The van der Waals surface area contributed by atoms with E-state index in [0.717, 1.165) is 24.7 Å². The lowest BCUT2D eigenvalue weighted by molar-refractivity contribution is -0.165. The van der Waals surface area contributed by atoms with Crippen molar-refractivity contribution in [1.82, 2.24) is 0 Å². The third kappa shape index (κ3) is 2.53. The van der Waals surface area contributed by atoms with E-state index in [0.29, 0.717) is 12.8 Å². The molecule has 0 aromatic heterocycles. The highest BCUT2D eigenvalue weighted by atomic mass is 32.2. The summed E-state index contributed by atoms with van der Waals surface area (Å²) in [5.74, 6) is -0.676. The summed E-state index contributed by atoms with van der Waals surface area (Å²) in [7, 11) is -3.79. The van der Waals surface area contributed by atoms with Crippen LogP contribution in [0.4, 0.5) is 0 Å². The molecule has 1 aliphatic heterocycles. The number of aliphatic hydroxyl groups is 1. The van der Waals surface area contributed by atoms with Gasteiger partial charge in [0, 0.05) is 10.8 Å². The predicted octanol–water partition coefficient (Wildman–Crippen LogP) is 1.95. The molecule has 1 N–H and O–H groups in total. The van der Waals surface area contributed by atoms with E-state index in [1.54, 1.807) is 12.2 Å². The molecule has 2 unspecified atom stereocenters. The van der Waals surface area contributed by atoms with Crippen LogP contribution in [0.3, 0.4) is 0 Å². The molecule has 5 rings (SSSR count). The summed E-state index contributed by atoms with van der Waals surface area (Å²) < 4.78 is 34.1. The van der Waals surface area contributed by atoms with Crippen LogP contribution in [0.2, 0.25) is 0 Å². The van der Waals surface area contributed by atoms with Crippen LogP contribution in [0.5, 0.6) is 0 Å². The van der Waals surface area contributed by atoms with Crippen LogP contribution in [0, 0.1) is 28.6 Å². The van der Waals surface area contributed by atoms with Crippen molar-refractivity contribution in [2.45, 2.75) is 63.8 Å². The van der Waals surface area contributed by atoms with Gasteiger partial charge in [0.25, 0.3) is 10.1 Å². The third-order valence-corrected chi connectivity index (χ3v) is 9.89. The third-order valence-electron chi connectivity index (χ3n) is 9.34. The number of hydrogen-bond acceptors (Lipinski definition) is 7. The SMILES string of the molecule is CC1C[C@H]2[C@@H]3CCC4=CC(=O)C=C[C@]4(C)[C@]34OC4C[C@]2(C)[C@@]1(O)C(=O)COS(C)(=O)=O. The highest BCUT2D eigenvalue weighted by Crippen LogP contribution is 2.76. The minimum absolute atomic E-state index is 0.0144. The van der Waals surface area contributed by atoms with Gasteiger partial charge in [-0.05, 0) is 62.5 Å². The number of rotatable bonds is 4. The molecule has 0 bridgehead atoms.